The van der Waals surface area contributed by atoms with Crippen LogP contribution in [0.25, 0.3) is 0 Å². The molecule has 4 aliphatic rings. The van der Waals surface area contributed by atoms with Crippen LogP contribution in [-0.4, -0.2) is 0 Å². The van der Waals surface area contributed by atoms with Crippen LogP contribution in [0.1, 0.15) is 92.4 Å². The van der Waals surface area contributed by atoms with Gasteiger partial charge in [0.05, 0.1) is 0 Å². The van der Waals surface area contributed by atoms with Crippen molar-refractivity contribution in [2.24, 2.45) is 52.3 Å². The van der Waals surface area contributed by atoms with Gasteiger partial charge >= 0.3 is 0 Å². The number of hydrogen-bond donors (Lipinski definition) is 0. The third-order valence-electron chi connectivity index (χ3n) is 10.4. The average molecular weight is 395 g/mol. The van der Waals surface area contributed by atoms with Gasteiger partial charge in [0.15, 0.2) is 0 Å². The SMILES string of the molecule is C=C[C@H](C=C[C@@H](C)[C@H]1CC[C@H]2[C@@H]3CC=C4CCCC[C@]4(C)[C@H]3CC[C@]12C)C(C)C. The second-order valence-corrected chi connectivity index (χ2v) is 12.0. The molecule has 162 valence electrons. The Morgan fingerprint density at radius 2 is 1.79 bits per heavy atom. The van der Waals surface area contributed by atoms with Crippen molar-refractivity contribution in [2.45, 2.75) is 92.4 Å². The van der Waals surface area contributed by atoms with Crippen LogP contribution in [0, 0.1) is 52.3 Å². The van der Waals surface area contributed by atoms with Gasteiger partial charge in [0, 0.05) is 0 Å². The molecular formula is C29H46. The standard InChI is InChI=1S/C29H46/c1-7-22(20(2)3)12-11-21(4)25-15-16-26-24-14-13-23-10-8-9-18-28(23,5)27(24)17-19-29(25,26)6/h7,11-13,20-22,24-27H,1,8-10,14-19H2,2-6H3/t21-,22-,24+,25-,26+,27+,28+,29-/m1/s1. The summed E-state index contributed by atoms with van der Waals surface area (Å²) < 4.78 is 0. The van der Waals surface area contributed by atoms with Gasteiger partial charge in [-0.3, -0.25) is 0 Å². The highest BCUT2D eigenvalue weighted by atomic mass is 14.6. The van der Waals surface area contributed by atoms with Gasteiger partial charge in [0.25, 0.3) is 0 Å². The summed E-state index contributed by atoms with van der Waals surface area (Å²) in [5.41, 5.74) is 2.95. The van der Waals surface area contributed by atoms with Crippen molar-refractivity contribution >= 4 is 0 Å². The first-order valence-corrected chi connectivity index (χ1v) is 12.8. The quantitative estimate of drug-likeness (QED) is 0.409. The highest BCUT2D eigenvalue weighted by Gasteiger charge is 2.58. The van der Waals surface area contributed by atoms with E-state index >= 15 is 0 Å². The van der Waals surface area contributed by atoms with Crippen LogP contribution in [0.3, 0.4) is 0 Å². The van der Waals surface area contributed by atoms with Crippen molar-refractivity contribution in [3.05, 3.63) is 36.5 Å². The van der Waals surface area contributed by atoms with Crippen LogP contribution < -0.4 is 0 Å². The molecule has 0 heteroatoms. The Morgan fingerprint density at radius 1 is 1.00 bits per heavy atom. The third kappa shape index (κ3) is 3.51. The molecule has 0 aliphatic heterocycles. The molecule has 0 aromatic heterocycles. The van der Waals surface area contributed by atoms with E-state index in [4.69, 9.17) is 0 Å². The van der Waals surface area contributed by atoms with Gasteiger partial charge in [-0.05, 0) is 104 Å². The lowest BCUT2D eigenvalue weighted by molar-refractivity contribution is -0.0462. The minimum Gasteiger partial charge on any atom is -0.102 e. The molecule has 3 saturated carbocycles. The molecule has 0 aromatic carbocycles. The lowest BCUT2D eigenvalue weighted by Crippen LogP contribution is -2.49. The van der Waals surface area contributed by atoms with E-state index in [9.17, 15) is 0 Å². The third-order valence-corrected chi connectivity index (χ3v) is 10.4. The predicted octanol–water partition coefficient (Wildman–Crippen LogP) is 8.61. The van der Waals surface area contributed by atoms with E-state index in [-0.39, 0.29) is 0 Å². The molecule has 0 heterocycles. The summed E-state index contributed by atoms with van der Waals surface area (Å²) in [5, 5.41) is 0. The number of rotatable bonds is 5. The average Bonchev–Trinajstić information content (AvgIpc) is 3.05. The van der Waals surface area contributed by atoms with Gasteiger partial charge in [-0.25, -0.2) is 0 Å². The normalized spacial score (nSPS) is 44.0. The van der Waals surface area contributed by atoms with Crippen LogP contribution in [0.5, 0.6) is 0 Å². The summed E-state index contributed by atoms with van der Waals surface area (Å²) >= 11 is 0. The van der Waals surface area contributed by atoms with E-state index in [1.807, 2.05) is 5.57 Å². The Bertz CT molecular complexity index is 666. The Balaban J connectivity index is 1.53. The lowest BCUT2D eigenvalue weighted by atomic mass is 9.47. The maximum Gasteiger partial charge on any atom is -0.00330 e. The summed E-state index contributed by atoms with van der Waals surface area (Å²) in [7, 11) is 0. The minimum absolute atomic E-state index is 0.520. The summed E-state index contributed by atoms with van der Waals surface area (Å²) in [6.45, 7) is 16.5. The van der Waals surface area contributed by atoms with E-state index in [1.54, 1.807) is 0 Å². The van der Waals surface area contributed by atoms with E-state index in [0.717, 1.165) is 23.7 Å². The molecule has 0 radical (unpaired) electrons. The zero-order chi connectivity index (χ0) is 20.8. The number of hydrogen-bond acceptors (Lipinski definition) is 0. The Labute approximate surface area is 181 Å². The zero-order valence-corrected chi connectivity index (χ0v) is 19.9. The van der Waals surface area contributed by atoms with E-state index in [2.05, 4.69) is 65.5 Å². The van der Waals surface area contributed by atoms with Crippen molar-refractivity contribution in [3.63, 3.8) is 0 Å². The second kappa shape index (κ2) is 8.05. The molecule has 0 aromatic rings. The van der Waals surface area contributed by atoms with E-state index in [1.165, 1.54) is 57.8 Å². The molecular weight excluding hydrogens is 348 g/mol. The van der Waals surface area contributed by atoms with Gasteiger partial charge in [0.2, 0.25) is 0 Å². The first-order valence-electron chi connectivity index (χ1n) is 12.8. The fraction of sp³-hybridized carbons (Fsp3) is 0.793. The lowest BCUT2D eigenvalue weighted by Gasteiger charge is -2.58. The maximum absolute atomic E-state index is 4.06. The molecule has 0 amide bonds. The Kier molecular flexibility index (Phi) is 5.95. The van der Waals surface area contributed by atoms with E-state index in [0.29, 0.717) is 28.6 Å². The van der Waals surface area contributed by atoms with Crippen molar-refractivity contribution < 1.29 is 0 Å². The molecule has 29 heavy (non-hydrogen) atoms. The topological polar surface area (TPSA) is 0 Å². The van der Waals surface area contributed by atoms with Crippen molar-refractivity contribution in [1.29, 1.82) is 0 Å². The monoisotopic (exact) mass is 394 g/mol. The van der Waals surface area contributed by atoms with E-state index < -0.39 is 0 Å². The Hall–Kier alpha value is -0.780. The smallest absolute Gasteiger partial charge is 0.00330 e. The van der Waals surface area contributed by atoms with Gasteiger partial charge in [0.1, 0.15) is 0 Å². The first-order chi connectivity index (χ1) is 13.8. The Morgan fingerprint density at radius 3 is 2.52 bits per heavy atom. The number of fused-ring (bicyclic) bond motifs is 5. The molecule has 0 bridgehead atoms. The fourth-order valence-electron chi connectivity index (χ4n) is 8.61. The first kappa shape index (κ1) is 21.5. The number of allylic oxidation sites excluding steroid dienone is 5. The van der Waals surface area contributed by atoms with Crippen molar-refractivity contribution in [1.82, 2.24) is 0 Å². The summed E-state index contributed by atoms with van der Waals surface area (Å²) in [5.74, 6) is 5.62. The molecule has 3 fully saturated rings. The summed E-state index contributed by atoms with van der Waals surface area (Å²) in [6.07, 6.45) is 22.9. The largest absolute Gasteiger partial charge is 0.102 e. The van der Waals surface area contributed by atoms with Crippen LogP contribution >= 0.6 is 0 Å². The molecule has 4 aliphatic carbocycles. The molecule has 0 N–H and O–H groups in total. The van der Waals surface area contributed by atoms with Crippen LogP contribution in [-0.2, 0) is 0 Å². The van der Waals surface area contributed by atoms with Crippen LogP contribution in [0.2, 0.25) is 0 Å². The molecule has 4 rings (SSSR count). The molecule has 0 nitrogen and oxygen atoms in total. The van der Waals surface area contributed by atoms with Crippen LogP contribution in [0.15, 0.2) is 36.5 Å². The van der Waals surface area contributed by atoms with Gasteiger partial charge in [-0.15, -0.1) is 6.58 Å². The van der Waals surface area contributed by atoms with Gasteiger partial charge < -0.3 is 0 Å². The maximum atomic E-state index is 4.06. The highest BCUT2D eigenvalue weighted by Crippen LogP contribution is 2.67. The molecule has 0 unspecified atom stereocenters. The zero-order valence-electron chi connectivity index (χ0n) is 19.9. The predicted molar refractivity (Wildman–Crippen MR) is 127 cm³/mol. The van der Waals surface area contributed by atoms with Gasteiger partial charge in [-0.2, -0.15) is 0 Å². The second-order valence-electron chi connectivity index (χ2n) is 12.0. The van der Waals surface area contributed by atoms with Crippen molar-refractivity contribution in [3.8, 4) is 0 Å². The molecule has 8 atom stereocenters. The summed E-state index contributed by atoms with van der Waals surface area (Å²) in [4.78, 5) is 0. The van der Waals surface area contributed by atoms with Crippen molar-refractivity contribution in [2.75, 3.05) is 0 Å². The molecule has 0 saturated heterocycles. The van der Waals surface area contributed by atoms with Gasteiger partial charge in [-0.1, -0.05) is 70.9 Å². The molecule has 0 spiro atoms. The van der Waals surface area contributed by atoms with Crippen LogP contribution in [0.4, 0.5) is 0 Å². The summed E-state index contributed by atoms with van der Waals surface area (Å²) in [6, 6.07) is 0. The fourth-order valence-corrected chi connectivity index (χ4v) is 8.61. The highest BCUT2D eigenvalue weighted by molar-refractivity contribution is 5.24. The minimum atomic E-state index is 0.520.